The zero-order chi connectivity index (χ0) is 13.4. The number of ether oxygens (including phenoxy) is 1. The number of halogens is 1. The van der Waals surface area contributed by atoms with Gasteiger partial charge in [-0.25, -0.2) is 4.39 Å². The highest BCUT2D eigenvalue weighted by Gasteiger charge is 2.38. The van der Waals surface area contributed by atoms with Gasteiger partial charge in [-0.3, -0.25) is 4.90 Å². The van der Waals surface area contributed by atoms with E-state index in [1.54, 1.807) is 13.2 Å². The normalized spacial score (nSPS) is 28.4. The van der Waals surface area contributed by atoms with E-state index in [1.165, 1.54) is 6.07 Å². The van der Waals surface area contributed by atoms with Crippen molar-refractivity contribution in [2.75, 3.05) is 33.3 Å². The fraction of sp³-hybridized carbons (Fsp3) is 0.600. The van der Waals surface area contributed by atoms with Gasteiger partial charge in [0.2, 0.25) is 0 Å². The monoisotopic (exact) mass is 264 g/mol. The zero-order valence-electron chi connectivity index (χ0n) is 11.5. The predicted molar refractivity (Wildman–Crippen MR) is 72.8 cm³/mol. The lowest BCUT2D eigenvalue weighted by Gasteiger charge is -2.27. The van der Waals surface area contributed by atoms with Crippen molar-refractivity contribution in [2.24, 2.45) is 11.8 Å². The maximum atomic E-state index is 14.1. The van der Waals surface area contributed by atoms with E-state index in [2.05, 4.69) is 17.1 Å². The lowest BCUT2D eigenvalue weighted by atomic mass is 10.0. The van der Waals surface area contributed by atoms with Crippen molar-refractivity contribution in [2.45, 2.75) is 13.0 Å². The SMILES string of the molecule is COc1cccc(F)c1C(C)N1C[C@H]2CNC[C@H]2C1. The molecule has 19 heavy (non-hydrogen) atoms. The standard InChI is InChI=1S/C15H21FN2O/c1-10(15-13(16)4-3-5-14(15)19-2)18-8-11-6-17-7-12(11)9-18/h3-5,10-12,17H,6-9H2,1-2H3/t10?,11-,12+. The van der Waals surface area contributed by atoms with Crippen molar-refractivity contribution < 1.29 is 9.13 Å². The molecular weight excluding hydrogens is 243 g/mol. The Bertz CT molecular complexity index is 453. The summed E-state index contributed by atoms with van der Waals surface area (Å²) in [5, 5.41) is 3.43. The molecule has 0 saturated carbocycles. The van der Waals surface area contributed by atoms with Gasteiger partial charge in [-0.15, -0.1) is 0 Å². The molecule has 0 amide bonds. The van der Waals surface area contributed by atoms with E-state index >= 15 is 0 Å². The lowest BCUT2D eigenvalue weighted by Crippen LogP contribution is -2.29. The minimum absolute atomic E-state index is 0.0711. The summed E-state index contributed by atoms with van der Waals surface area (Å²) >= 11 is 0. The van der Waals surface area contributed by atoms with Crippen molar-refractivity contribution >= 4 is 0 Å². The van der Waals surface area contributed by atoms with E-state index in [0.29, 0.717) is 11.3 Å². The van der Waals surface area contributed by atoms with Gasteiger partial charge in [0.05, 0.1) is 7.11 Å². The maximum Gasteiger partial charge on any atom is 0.131 e. The van der Waals surface area contributed by atoms with E-state index in [0.717, 1.165) is 38.0 Å². The minimum atomic E-state index is -0.165. The third-order valence-electron chi connectivity index (χ3n) is 4.62. The van der Waals surface area contributed by atoms with Gasteiger partial charge in [0, 0.05) is 24.7 Å². The molecule has 0 aliphatic carbocycles. The Kier molecular flexibility index (Phi) is 3.46. The Labute approximate surface area is 113 Å². The topological polar surface area (TPSA) is 24.5 Å². The van der Waals surface area contributed by atoms with Crippen molar-refractivity contribution in [3.05, 3.63) is 29.6 Å². The van der Waals surface area contributed by atoms with E-state index in [-0.39, 0.29) is 11.9 Å². The molecule has 1 aromatic carbocycles. The van der Waals surface area contributed by atoms with E-state index in [1.807, 2.05) is 6.07 Å². The Balaban J connectivity index is 1.83. The summed E-state index contributed by atoms with van der Waals surface area (Å²) in [5.41, 5.74) is 0.693. The van der Waals surface area contributed by atoms with Crippen LogP contribution in [0.1, 0.15) is 18.5 Å². The fourth-order valence-electron chi connectivity index (χ4n) is 3.49. The van der Waals surface area contributed by atoms with Crippen LogP contribution in [0.2, 0.25) is 0 Å². The molecule has 2 fully saturated rings. The first-order chi connectivity index (χ1) is 9.20. The third kappa shape index (κ3) is 2.23. The zero-order valence-corrected chi connectivity index (χ0v) is 11.5. The molecule has 2 aliphatic heterocycles. The van der Waals surface area contributed by atoms with Crippen molar-refractivity contribution in [1.29, 1.82) is 0 Å². The van der Waals surface area contributed by atoms with Crippen LogP contribution in [0.3, 0.4) is 0 Å². The summed E-state index contributed by atoms with van der Waals surface area (Å²) in [6.45, 7) is 6.38. The van der Waals surface area contributed by atoms with Gasteiger partial charge in [-0.2, -0.15) is 0 Å². The average Bonchev–Trinajstić information content (AvgIpc) is 2.98. The number of hydrogen-bond donors (Lipinski definition) is 1. The molecule has 0 spiro atoms. The summed E-state index contributed by atoms with van der Waals surface area (Å²) in [5.74, 6) is 1.94. The average molecular weight is 264 g/mol. The summed E-state index contributed by atoms with van der Waals surface area (Å²) in [7, 11) is 1.60. The first-order valence-corrected chi connectivity index (χ1v) is 6.98. The third-order valence-corrected chi connectivity index (χ3v) is 4.62. The molecule has 1 aromatic rings. The van der Waals surface area contributed by atoms with Gasteiger partial charge in [0.1, 0.15) is 11.6 Å². The second kappa shape index (κ2) is 5.10. The molecule has 3 atom stereocenters. The molecule has 0 radical (unpaired) electrons. The van der Waals surface area contributed by atoms with Crippen LogP contribution in [-0.2, 0) is 0 Å². The number of nitrogens with one attached hydrogen (secondary N) is 1. The quantitative estimate of drug-likeness (QED) is 0.904. The number of fused-ring (bicyclic) bond motifs is 1. The van der Waals surface area contributed by atoms with Crippen molar-refractivity contribution in [3.8, 4) is 5.75 Å². The number of nitrogens with zero attached hydrogens (tertiary/aromatic N) is 1. The van der Waals surface area contributed by atoms with Crippen LogP contribution < -0.4 is 10.1 Å². The largest absolute Gasteiger partial charge is 0.496 e. The van der Waals surface area contributed by atoms with Crippen LogP contribution in [0.15, 0.2) is 18.2 Å². The number of rotatable bonds is 3. The van der Waals surface area contributed by atoms with Crippen LogP contribution >= 0.6 is 0 Å². The maximum absolute atomic E-state index is 14.1. The first-order valence-electron chi connectivity index (χ1n) is 6.98. The van der Waals surface area contributed by atoms with Crippen molar-refractivity contribution in [1.82, 2.24) is 10.2 Å². The number of methoxy groups -OCH3 is 1. The molecule has 2 heterocycles. The fourth-order valence-corrected chi connectivity index (χ4v) is 3.49. The highest BCUT2D eigenvalue weighted by atomic mass is 19.1. The second-order valence-electron chi connectivity index (χ2n) is 5.66. The summed E-state index contributed by atoms with van der Waals surface area (Å²) < 4.78 is 19.4. The van der Waals surface area contributed by atoms with E-state index in [9.17, 15) is 4.39 Å². The second-order valence-corrected chi connectivity index (χ2v) is 5.66. The molecule has 0 aromatic heterocycles. The summed E-state index contributed by atoms with van der Waals surface area (Å²) in [6, 6.07) is 5.13. The van der Waals surface area contributed by atoms with E-state index in [4.69, 9.17) is 4.74 Å². The highest BCUT2D eigenvalue weighted by Crippen LogP contribution is 2.37. The van der Waals surface area contributed by atoms with Gasteiger partial charge < -0.3 is 10.1 Å². The van der Waals surface area contributed by atoms with Crippen LogP contribution in [0.25, 0.3) is 0 Å². The van der Waals surface area contributed by atoms with Gasteiger partial charge in [0.15, 0.2) is 0 Å². The molecule has 4 heteroatoms. The van der Waals surface area contributed by atoms with Crippen LogP contribution in [0, 0.1) is 17.7 Å². The molecule has 1 N–H and O–H groups in total. The number of hydrogen-bond acceptors (Lipinski definition) is 3. The molecule has 104 valence electrons. The number of likely N-dealkylation sites (tertiary alicyclic amines) is 1. The summed E-state index contributed by atoms with van der Waals surface area (Å²) in [6.07, 6.45) is 0. The van der Waals surface area contributed by atoms with Gasteiger partial charge in [0.25, 0.3) is 0 Å². The van der Waals surface area contributed by atoms with Crippen LogP contribution in [-0.4, -0.2) is 38.2 Å². The molecule has 2 aliphatic rings. The van der Waals surface area contributed by atoms with Gasteiger partial charge in [-0.1, -0.05) is 6.07 Å². The molecular formula is C15H21FN2O. The number of benzene rings is 1. The minimum Gasteiger partial charge on any atom is -0.496 e. The van der Waals surface area contributed by atoms with Gasteiger partial charge >= 0.3 is 0 Å². The summed E-state index contributed by atoms with van der Waals surface area (Å²) in [4.78, 5) is 2.39. The molecule has 2 saturated heterocycles. The Hall–Kier alpha value is -1.13. The Morgan fingerprint density at radius 2 is 2.00 bits per heavy atom. The Morgan fingerprint density at radius 3 is 2.63 bits per heavy atom. The molecule has 3 rings (SSSR count). The smallest absolute Gasteiger partial charge is 0.131 e. The Morgan fingerprint density at radius 1 is 1.32 bits per heavy atom. The lowest BCUT2D eigenvalue weighted by molar-refractivity contribution is 0.233. The highest BCUT2D eigenvalue weighted by molar-refractivity contribution is 5.37. The van der Waals surface area contributed by atoms with Crippen LogP contribution in [0.5, 0.6) is 5.75 Å². The van der Waals surface area contributed by atoms with E-state index < -0.39 is 0 Å². The molecule has 3 nitrogen and oxygen atoms in total. The van der Waals surface area contributed by atoms with Gasteiger partial charge in [-0.05, 0) is 44.0 Å². The molecule has 0 bridgehead atoms. The van der Waals surface area contributed by atoms with Crippen molar-refractivity contribution in [3.63, 3.8) is 0 Å². The predicted octanol–water partition coefficient (Wildman–Crippen LogP) is 2.05. The first kappa shape index (κ1) is 12.9. The van der Waals surface area contributed by atoms with Crippen LogP contribution in [0.4, 0.5) is 4.39 Å². The molecule has 1 unspecified atom stereocenters.